The fraction of sp³-hybridized carbons (Fsp3) is 0.533. The number of allylic oxidation sites excluding steroid dienone is 2. The van der Waals surface area contributed by atoms with E-state index in [-0.39, 0.29) is 35.7 Å². The Morgan fingerprint density at radius 3 is 2.83 bits per heavy atom. The maximum Gasteiger partial charge on any atom is 0.404 e. The first-order valence-electron chi connectivity index (χ1n) is 7.55. The third kappa shape index (κ3) is 1.63. The van der Waals surface area contributed by atoms with Crippen molar-refractivity contribution in [1.29, 1.82) is 0 Å². The SMILES string of the molecule is COC1=CC(=O)C2=C(C1=O)C(COC(N)=O)[C@@]1(O)C3C(CN21)N3C. The Kier molecular flexibility index (Phi) is 2.89. The Bertz CT molecular complexity index is 743. The largest absolute Gasteiger partial charge is 0.493 e. The number of piperazine rings is 1. The average molecular weight is 335 g/mol. The van der Waals surface area contributed by atoms with Crippen LogP contribution in [0, 0.1) is 5.92 Å². The predicted molar refractivity (Wildman–Crippen MR) is 78.2 cm³/mol. The van der Waals surface area contributed by atoms with Gasteiger partial charge in [-0.3, -0.25) is 14.5 Å². The number of carbonyl (C=O) groups is 3. The molecule has 5 atom stereocenters. The highest BCUT2D eigenvalue weighted by atomic mass is 16.5. The van der Waals surface area contributed by atoms with Crippen molar-refractivity contribution in [3.05, 3.63) is 23.1 Å². The summed E-state index contributed by atoms with van der Waals surface area (Å²) < 4.78 is 9.86. The lowest BCUT2D eigenvalue weighted by Gasteiger charge is -2.37. The maximum absolute atomic E-state index is 12.7. The summed E-state index contributed by atoms with van der Waals surface area (Å²) in [6.07, 6.45) is 0.127. The zero-order valence-electron chi connectivity index (χ0n) is 13.2. The molecule has 2 fully saturated rings. The van der Waals surface area contributed by atoms with Gasteiger partial charge in [0.2, 0.25) is 11.6 Å². The predicted octanol–water partition coefficient (Wildman–Crippen LogP) is -1.67. The number of nitrogens with zero attached hydrogens (tertiary/aromatic N) is 2. The molecule has 0 spiro atoms. The zero-order valence-corrected chi connectivity index (χ0v) is 13.2. The average Bonchev–Trinajstić information content (AvgIpc) is 2.93. The first kappa shape index (κ1) is 15.2. The van der Waals surface area contributed by atoms with Crippen molar-refractivity contribution in [2.45, 2.75) is 17.8 Å². The van der Waals surface area contributed by atoms with Gasteiger partial charge in [0.15, 0.2) is 11.5 Å². The van der Waals surface area contributed by atoms with Gasteiger partial charge in [-0.15, -0.1) is 0 Å². The molecule has 0 saturated carbocycles. The van der Waals surface area contributed by atoms with Crippen molar-refractivity contribution in [3.63, 3.8) is 0 Å². The van der Waals surface area contributed by atoms with Gasteiger partial charge in [-0.25, -0.2) is 4.79 Å². The second-order valence-electron chi connectivity index (χ2n) is 6.42. The first-order valence-corrected chi connectivity index (χ1v) is 7.55. The molecular weight excluding hydrogens is 318 g/mol. The normalized spacial score (nSPS) is 39.3. The Morgan fingerprint density at radius 2 is 2.21 bits per heavy atom. The molecule has 3 N–H and O–H groups in total. The number of aliphatic hydroxyl groups is 1. The van der Waals surface area contributed by atoms with E-state index in [2.05, 4.69) is 0 Å². The minimum Gasteiger partial charge on any atom is -0.493 e. The third-order valence-electron chi connectivity index (χ3n) is 5.44. The molecule has 0 radical (unpaired) electrons. The van der Waals surface area contributed by atoms with Crippen molar-refractivity contribution < 1.29 is 29.0 Å². The number of Topliss-reactive ketones (excluding diaryl/α,β-unsaturated/α-hetero) is 1. The maximum atomic E-state index is 12.7. The van der Waals surface area contributed by atoms with Crippen LogP contribution in [0.15, 0.2) is 23.1 Å². The van der Waals surface area contributed by atoms with Crippen molar-refractivity contribution in [2.75, 3.05) is 27.3 Å². The molecule has 4 aliphatic rings. The lowest BCUT2D eigenvalue weighted by molar-refractivity contribution is -0.126. The van der Waals surface area contributed by atoms with E-state index < -0.39 is 29.3 Å². The minimum atomic E-state index is -1.48. The van der Waals surface area contributed by atoms with E-state index in [0.29, 0.717) is 6.54 Å². The summed E-state index contributed by atoms with van der Waals surface area (Å²) in [4.78, 5) is 39.7. The summed E-state index contributed by atoms with van der Waals surface area (Å²) in [7, 11) is 3.16. The Morgan fingerprint density at radius 1 is 1.50 bits per heavy atom. The number of carbonyl (C=O) groups excluding carboxylic acids is 3. The highest BCUT2D eigenvalue weighted by Gasteiger charge is 2.74. The van der Waals surface area contributed by atoms with Crippen LogP contribution >= 0.6 is 0 Å². The lowest BCUT2D eigenvalue weighted by Crippen LogP contribution is -2.53. The molecule has 128 valence electrons. The number of hydrogen-bond acceptors (Lipinski definition) is 8. The smallest absolute Gasteiger partial charge is 0.404 e. The van der Waals surface area contributed by atoms with E-state index in [1.165, 1.54) is 7.11 Å². The monoisotopic (exact) mass is 335 g/mol. The number of methoxy groups -OCH3 is 1. The number of rotatable bonds is 3. The van der Waals surface area contributed by atoms with E-state index in [0.717, 1.165) is 6.08 Å². The molecule has 4 rings (SSSR count). The van der Waals surface area contributed by atoms with Crippen LogP contribution in [0.4, 0.5) is 4.79 Å². The molecule has 24 heavy (non-hydrogen) atoms. The molecule has 3 heterocycles. The van der Waals surface area contributed by atoms with Crippen LogP contribution in [0.2, 0.25) is 0 Å². The highest BCUT2D eigenvalue weighted by Crippen LogP contribution is 2.57. The van der Waals surface area contributed by atoms with Crippen LogP contribution in [0.25, 0.3) is 0 Å². The van der Waals surface area contributed by atoms with Crippen LogP contribution in [-0.4, -0.2) is 77.7 Å². The fourth-order valence-corrected chi connectivity index (χ4v) is 4.34. The highest BCUT2D eigenvalue weighted by molar-refractivity contribution is 6.22. The summed E-state index contributed by atoms with van der Waals surface area (Å²) in [5.41, 5.74) is 3.85. The van der Waals surface area contributed by atoms with E-state index in [1.807, 2.05) is 11.9 Å². The van der Waals surface area contributed by atoms with Gasteiger partial charge in [-0.1, -0.05) is 0 Å². The summed E-state index contributed by atoms with van der Waals surface area (Å²) in [6, 6.07) is -0.146. The second-order valence-corrected chi connectivity index (χ2v) is 6.42. The number of nitrogens with two attached hydrogens (primary N) is 1. The first-order chi connectivity index (χ1) is 11.3. The standard InChI is InChI=1S/C15H17N3O6/c1-17-7-4-18-11-8(19)3-9(23-2)12(20)10(11)6(5-24-14(16)21)15(18,22)13(7)17/h3,6-7,13,22H,4-5H2,1-2H3,(H2,16,21)/t6?,7?,13?,15-,17?/m1/s1. The number of amides is 1. The van der Waals surface area contributed by atoms with Crippen LogP contribution in [0.5, 0.6) is 0 Å². The third-order valence-corrected chi connectivity index (χ3v) is 5.44. The number of likely N-dealkylation sites (N-methyl/N-ethyl adjacent to an activating group) is 1. The molecular formula is C15H17N3O6. The number of fused-ring (bicyclic) bond motifs is 4. The zero-order chi connectivity index (χ0) is 17.4. The molecule has 0 aromatic heterocycles. The van der Waals surface area contributed by atoms with Crippen LogP contribution < -0.4 is 5.73 Å². The van der Waals surface area contributed by atoms with Crippen molar-refractivity contribution in [2.24, 2.45) is 11.7 Å². The lowest BCUT2D eigenvalue weighted by atomic mass is 9.84. The second kappa shape index (κ2) is 4.58. The molecule has 0 aromatic rings. The van der Waals surface area contributed by atoms with Crippen LogP contribution in [0.1, 0.15) is 0 Å². The Labute approximate surface area is 137 Å². The molecule has 0 bridgehead atoms. The molecule has 4 unspecified atom stereocenters. The van der Waals surface area contributed by atoms with Crippen molar-refractivity contribution in [3.8, 4) is 0 Å². The summed E-state index contributed by atoms with van der Waals surface area (Å²) in [5, 5.41) is 11.4. The minimum absolute atomic E-state index is 0.0895. The number of primary amides is 1. The van der Waals surface area contributed by atoms with Gasteiger partial charge in [0.25, 0.3) is 0 Å². The quantitative estimate of drug-likeness (QED) is 0.464. The molecule has 3 aliphatic heterocycles. The Hall–Kier alpha value is -2.39. The summed E-state index contributed by atoms with van der Waals surface area (Å²) in [6.45, 7) is 0.146. The molecule has 1 amide bonds. The van der Waals surface area contributed by atoms with E-state index in [1.54, 1.807) is 4.90 Å². The van der Waals surface area contributed by atoms with E-state index in [9.17, 15) is 19.5 Å². The van der Waals surface area contributed by atoms with Crippen molar-refractivity contribution >= 4 is 17.7 Å². The van der Waals surface area contributed by atoms with Crippen LogP contribution in [0.3, 0.4) is 0 Å². The van der Waals surface area contributed by atoms with E-state index in [4.69, 9.17) is 15.2 Å². The van der Waals surface area contributed by atoms with Gasteiger partial charge in [0, 0.05) is 24.2 Å². The van der Waals surface area contributed by atoms with Crippen LogP contribution in [-0.2, 0) is 19.1 Å². The van der Waals surface area contributed by atoms with Gasteiger partial charge in [-0.05, 0) is 7.05 Å². The number of ketones is 2. The molecule has 2 saturated heterocycles. The van der Waals surface area contributed by atoms with Gasteiger partial charge in [-0.2, -0.15) is 0 Å². The molecule has 0 aromatic carbocycles. The van der Waals surface area contributed by atoms with Gasteiger partial charge in [0.1, 0.15) is 6.61 Å². The number of ether oxygens (including phenoxy) is 2. The molecule has 1 aliphatic carbocycles. The number of hydrogen-bond donors (Lipinski definition) is 2. The molecule has 9 nitrogen and oxygen atoms in total. The van der Waals surface area contributed by atoms with Gasteiger partial charge in [0.05, 0.1) is 24.8 Å². The van der Waals surface area contributed by atoms with Gasteiger partial charge < -0.3 is 25.2 Å². The Balaban J connectivity index is 1.79. The molecule has 9 heteroatoms. The van der Waals surface area contributed by atoms with Gasteiger partial charge >= 0.3 is 6.09 Å². The van der Waals surface area contributed by atoms with Crippen molar-refractivity contribution in [1.82, 2.24) is 9.80 Å². The summed E-state index contributed by atoms with van der Waals surface area (Å²) in [5.74, 6) is -1.83. The fourth-order valence-electron chi connectivity index (χ4n) is 4.34. The topological polar surface area (TPSA) is 122 Å². The van der Waals surface area contributed by atoms with E-state index >= 15 is 0 Å². The summed E-state index contributed by atoms with van der Waals surface area (Å²) >= 11 is 0.